The van der Waals surface area contributed by atoms with Crippen molar-refractivity contribution in [2.45, 2.75) is 38.8 Å². The zero-order valence-corrected chi connectivity index (χ0v) is 21.0. The maximum atomic E-state index is 14.0. The van der Waals surface area contributed by atoms with E-state index in [4.69, 9.17) is 4.99 Å². The van der Waals surface area contributed by atoms with Crippen LogP contribution in [0.1, 0.15) is 25.6 Å². The Morgan fingerprint density at radius 1 is 1.22 bits per heavy atom. The Labute approximate surface area is 206 Å². The van der Waals surface area contributed by atoms with Crippen LogP contribution in [-0.4, -0.2) is 77.5 Å². The van der Waals surface area contributed by atoms with Gasteiger partial charge in [-0.2, -0.15) is 5.10 Å². The molecule has 1 atom stereocenters. The number of guanidine groups is 1. The standard InChI is InChI=1S/C22H33FN8.HI/c1-2-24-22(28-18-8-9-21-26-17-27-31(21)16-18)25-10-5-11-29-12-14-30(15-13-29)20-7-4-3-6-19(20)23;/h3-4,6-7,17-18H,2,5,8-16H2,1H3,(H2,24,25,28);1H. The van der Waals surface area contributed by atoms with Crippen molar-refractivity contribution in [1.29, 1.82) is 0 Å². The van der Waals surface area contributed by atoms with Crippen LogP contribution in [0, 0.1) is 5.82 Å². The van der Waals surface area contributed by atoms with Crippen molar-refractivity contribution in [3.05, 3.63) is 42.2 Å². The topological polar surface area (TPSA) is 73.6 Å². The van der Waals surface area contributed by atoms with Gasteiger partial charge in [-0.1, -0.05) is 12.1 Å². The number of halogens is 2. The Kier molecular flexibility index (Phi) is 9.51. The number of benzene rings is 1. The van der Waals surface area contributed by atoms with E-state index in [1.165, 1.54) is 6.07 Å². The van der Waals surface area contributed by atoms with Gasteiger partial charge in [0.1, 0.15) is 18.0 Å². The van der Waals surface area contributed by atoms with E-state index in [2.05, 4.69) is 37.4 Å². The number of rotatable bonds is 7. The highest BCUT2D eigenvalue weighted by molar-refractivity contribution is 14.0. The molecule has 0 bridgehead atoms. The fourth-order valence-corrected chi connectivity index (χ4v) is 4.27. The second-order valence-corrected chi connectivity index (χ2v) is 8.13. The number of anilines is 1. The van der Waals surface area contributed by atoms with Gasteiger partial charge in [-0.15, -0.1) is 24.0 Å². The first-order chi connectivity index (χ1) is 15.2. The SMILES string of the molecule is CCNC(=NCCCN1CCN(c2ccccc2F)CC1)NC1CCc2ncnn2C1.I. The molecular formula is C22H34FIN8. The molecule has 0 amide bonds. The van der Waals surface area contributed by atoms with E-state index < -0.39 is 0 Å². The number of aliphatic imine (C=N–C) groups is 1. The highest BCUT2D eigenvalue weighted by atomic mass is 127. The summed E-state index contributed by atoms with van der Waals surface area (Å²) in [4.78, 5) is 13.6. The Morgan fingerprint density at radius 2 is 2.03 bits per heavy atom. The Balaban J connectivity index is 0.00000289. The van der Waals surface area contributed by atoms with Gasteiger partial charge in [-0.25, -0.2) is 14.1 Å². The largest absolute Gasteiger partial charge is 0.367 e. The number of hydrogen-bond donors (Lipinski definition) is 2. The second-order valence-electron chi connectivity index (χ2n) is 8.13. The first kappa shape index (κ1) is 24.7. The number of nitrogens with one attached hydrogen (secondary N) is 2. The molecule has 2 aliphatic rings. The number of fused-ring (bicyclic) bond motifs is 1. The molecule has 8 nitrogen and oxygen atoms in total. The van der Waals surface area contributed by atoms with Crippen LogP contribution in [0.3, 0.4) is 0 Å². The van der Waals surface area contributed by atoms with Crippen LogP contribution in [0.15, 0.2) is 35.6 Å². The van der Waals surface area contributed by atoms with Gasteiger partial charge < -0.3 is 15.5 Å². The quantitative estimate of drug-likeness (QED) is 0.236. The van der Waals surface area contributed by atoms with Crippen LogP contribution in [0.25, 0.3) is 0 Å². The van der Waals surface area contributed by atoms with Crippen molar-refractivity contribution >= 4 is 35.6 Å². The minimum absolute atomic E-state index is 0. The predicted octanol–water partition coefficient (Wildman–Crippen LogP) is 2.12. The maximum Gasteiger partial charge on any atom is 0.191 e. The molecule has 0 radical (unpaired) electrons. The van der Waals surface area contributed by atoms with Crippen LogP contribution < -0.4 is 15.5 Å². The average molecular weight is 556 g/mol. The van der Waals surface area contributed by atoms with Gasteiger partial charge in [0.2, 0.25) is 0 Å². The molecule has 1 aromatic carbocycles. The summed E-state index contributed by atoms with van der Waals surface area (Å²) in [7, 11) is 0. The van der Waals surface area contributed by atoms with Gasteiger partial charge in [-0.05, 0) is 31.9 Å². The number of piperazine rings is 1. The van der Waals surface area contributed by atoms with E-state index in [0.29, 0.717) is 11.7 Å². The lowest BCUT2D eigenvalue weighted by atomic mass is 10.1. The average Bonchev–Trinajstić information content (AvgIpc) is 3.26. The summed E-state index contributed by atoms with van der Waals surface area (Å²) < 4.78 is 16.0. The number of para-hydroxylation sites is 1. The molecule has 1 unspecified atom stereocenters. The maximum absolute atomic E-state index is 14.0. The summed E-state index contributed by atoms with van der Waals surface area (Å²) in [6.07, 6.45) is 4.62. The molecule has 4 rings (SSSR count). The third-order valence-corrected chi connectivity index (χ3v) is 5.96. The van der Waals surface area contributed by atoms with Crippen molar-refractivity contribution in [3.8, 4) is 0 Å². The van der Waals surface area contributed by atoms with Gasteiger partial charge >= 0.3 is 0 Å². The minimum atomic E-state index is -0.133. The minimum Gasteiger partial charge on any atom is -0.367 e. The van der Waals surface area contributed by atoms with Crippen molar-refractivity contribution in [3.63, 3.8) is 0 Å². The molecule has 10 heteroatoms. The third-order valence-electron chi connectivity index (χ3n) is 5.96. The van der Waals surface area contributed by atoms with Gasteiger partial charge in [0.05, 0.1) is 12.2 Å². The van der Waals surface area contributed by atoms with E-state index in [0.717, 1.165) is 83.4 Å². The lowest BCUT2D eigenvalue weighted by Crippen LogP contribution is -2.47. The Bertz CT molecular complexity index is 865. The lowest BCUT2D eigenvalue weighted by Gasteiger charge is -2.36. The van der Waals surface area contributed by atoms with Crippen LogP contribution in [0.5, 0.6) is 0 Å². The van der Waals surface area contributed by atoms with E-state index in [9.17, 15) is 4.39 Å². The zero-order valence-electron chi connectivity index (χ0n) is 18.7. The number of nitrogens with zero attached hydrogens (tertiary/aromatic N) is 6. The Morgan fingerprint density at radius 3 is 2.81 bits per heavy atom. The smallest absolute Gasteiger partial charge is 0.191 e. The van der Waals surface area contributed by atoms with Crippen molar-refractivity contribution in [2.75, 3.05) is 50.7 Å². The van der Waals surface area contributed by atoms with Crippen molar-refractivity contribution in [1.82, 2.24) is 30.3 Å². The Hall–Kier alpha value is -1.95. The first-order valence-corrected chi connectivity index (χ1v) is 11.4. The molecule has 2 N–H and O–H groups in total. The zero-order chi connectivity index (χ0) is 21.5. The lowest BCUT2D eigenvalue weighted by molar-refractivity contribution is 0.256. The molecule has 0 spiro atoms. The first-order valence-electron chi connectivity index (χ1n) is 11.4. The van der Waals surface area contributed by atoms with Gasteiger partial charge in [0.15, 0.2) is 5.96 Å². The molecule has 1 fully saturated rings. The highest BCUT2D eigenvalue weighted by Crippen LogP contribution is 2.20. The molecule has 0 saturated carbocycles. The monoisotopic (exact) mass is 556 g/mol. The summed E-state index contributed by atoms with van der Waals surface area (Å²) >= 11 is 0. The molecule has 2 aliphatic heterocycles. The molecule has 32 heavy (non-hydrogen) atoms. The van der Waals surface area contributed by atoms with E-state index in [1.54, 1.807) is 12.4 Å². The molecule has 176 valence electrons. The van der Waals surface area contributed by atoms with E-state index >= 15 is 0 Å². The van der Waals surface area contributed by atoms with Crippen LogP contribution in [-0.2, 0) is 13.0 Å². The number of aryl methyl sites for hydroxylation is 1. The highest BCUT2D eigenvalue weighted by Gasteiger charge is 2.21. The summed E-state index contributed by atoms with van der Waals surface area (Å²) in [5.41, 5.74) is 0.717. The van der Waals surface area contributed by atoms with Crippen molar-refractivity contribution < 1.29 is 4.39 Å². The third kappa shape index (κ3) is 6.53. The second kappa shape index (κ2) is 12.3. The van der Waals surface area contributed by atoms with Gasteiger partial charge in [-0.3, -0.25) is 9.89 Å². The normalized spacial score (nSPS) is 19.2. The summed E-state index contributed by atoms with van der Waals surface area (Å²) in [6, 6.07) is 7.36. The van der Waals surface area contributed by atoms with Gasteiger partial charge in [0, 0.05) is 58.3 Å². The van der Waals surface area contributed by atoms with Crippen LogP contribution in [0.2, 0.25) is 0 Å². The molecular weight excluding hydrogens is 522 g/mol. The van der Waals surface area contributed by atoms with E-state index in [-0.39, 0.29) is 29.8 Å². The van der Waals surface area contributed by atoms with Gasteiger partial charge in [0.25, 0.3) is 0 Å². The molecule has 3 heterocycles. The summed E-state index contributed by atoms with van der Waals surface area (Å²) in [5.74, 6) is 1.81. The predicted molar refractivity (Wildman–Crippen MR) is 136 cm³/mol. The van der Waals surface area contributed by atoms with Crippen molar-refractivity contribution in [2.24, 2.45) is 4.99 Å². The molecule has 2 aromatic rings. The molecule has 1 saturated heterocycles. The summed E-state index contributed by atoms with van der Waals surface area (Å²) in [6.45, 7) is 9.18. The molecule has 0 aliphatic carbocycles. The fraction of sp³-hybridized carbons (Fsp3) is 0.591. The molecule has 1 aromatic heterocycles. The van der Waals surface area contributed by atoms with E-state index in [1.807, 2.05) is 16.8 Å². The number of hydrogen-bond acceptors (Lipinski definition) is 5. The van der Waals surface area contributed by atoms with Crippen LogP contribution in [0.4, 0.5) is 10.1 Å². The summed E-state index contributed by atoms with van der Waals surface area (Å²) in [5, 5.41) is 11.2. The van der Waals surface area contributed by atoms with Crippen LogP contribution >= 0.6 is 24.0 Å². The fourth-order valence-electron chi connectivity index (χ4n) is 4.27. The number of aromatic nitrogens is 3.